The van der Waals surface area contributed by atoms with Crippen molar-refractivity contribution in [3.05, 3.63) is 24.2 Å². The van der Waals surface area contributed by atoms with E-state index in [9.17, 15) is 14.4 Å². The first-order valence-electron chi connectivity index (χ1n) is 8.05. The van der Waals surface area contributed by atoms with Gasteiger partial charge in [-0.1, -0.05) is 0 Å². The predicted molar refractivity (Wildman–Crippen MR) is 78.9 cm³/mol. The Bertz CT molecular complexity index is 642. The van der Waals surface area contributed by atoms with Crippen molar-refractivity contribution in [2.24, 2.45) is 17.8 Å². The zero-order valence-electron chi connectivity index (χ0n) is 12.7. The van der Waals surface area contributed by atoms with Gasteiger partial charge in [0.2, 0.25) is 5.91 Å². The number of amides is 3. The SMILES string of the molecule is O=C1CCCC2C1CNC1C2C(=O)NC(=O)N1Cc1ccco1. The van der Waals surface area contributed by atoms with E-state index >= 15 is 0 Å². The molecule has 2 saturated heterocycles. The van der Waals surface area contributed by atoms with Gasteiger partial charge in [-0.25, -0.2) is 4.79 Å². The van der Waals surface area contributed by atoms with Crippen molar-refractivity contribution >= 4 is 17.7 Å². The fourth-order valence-corrected chi connectivity index (χ4v) is 4.21. The van der Waals surface area contributed by atoms with Gasteiger partial charge in [0, 0.05) is 18.9 Å². The third kappa shape index (κ3) is 2.35. The molecule has 0 spiro atoms. The molecule has 23 heavy (non-hydrogen) atoms. The van der Waals surface area contributed by atoms with Gasteiger partial charge < -0.3 is 9.32 Å². The number of urea groups is 1. The highest BCUT2D eigenvalue weighted by molar-refractivity contribution is 5.99. The number of ketones is 1. The van der Waals surface area contributed by atoms with Crippen LogP contribution in [-0.2, 0) is 16.1 Å². The van der Waals surface area contributed by atoms with Gasteiger partial charge in [0.1, 0.15) is 11.5 Å². The molecule has 4 unspecified atom stereocenters. The highest BCUT2D eigenvalue weighted by Crippen LogP contribution is 2.40. The van der Waals surface area contributed by atoms with Crippen LogP contribution in [0.5, 0.6) is 0 Å². The first-order valence-corrected chi connectivity index (χ1v) is 8.05. The van der Waals surface area contributed by atoms with Crippen molar-refractivity contribution in [2.75, 3.05) is 6.54 Å². The van der Waals surface area contributed by atoms with Crippen molar-refractivity contribution in [1.29, 1.82) is 0 Å². The van der Waals surface area contributed by atoms with Gasteiger partial charge in [-0.15, -0.1) is 0 Å². The Kier molecular flexibility index (Phi) is 3.45. The molecule has 0 radical (unpaired) electrons. The molecule has 1 saturated carbocycles. The molecule has 3 amide bonds. The van der Waals surface area contributed by atoms with Crippen LogP contribution < -0.4 is 10.6 Å². The molecule has 122 valence electrons. The van der Waals surface area contributed by atoms with Crippen LogP contribution in [0, 0.1) is 17.8 Å². The Morgan fingerprint density at radius 2 is 2.17 bits per heavy atom. The molecule has 1 aliphatic carbocycles. The van der Waals surface area contributed by atoms with Gasteiger partial charge in [0.25, 0.3) is 0 Å². The van der Waals surface area contributed by atoms with Gasteiger partial charge in [-0.3, -0.25) is 20.2 Å². The Morgan fingerprint density at radius 3 is 2.96 bits per heavy atom. The lowest BCUT2D eigenvalue weighted by molar-refractivity contribution is -0.141. The van der Waals surface area contributed by atoms with Crippen LogP contribution in [0.4, 0.5) is 4.79 Å². The molecule has 0 bridgehead atoms. The Labute approximate surface area is 133 Å². The van der Waals surface area contributed by atoms with Crippen LogP contribution in [0.15, 0.2) is 22.8 Å². The number of imide groups is 1. The second-order valence-corrected chi connectivity index (χ2v) is 6.51. The van der Waals surface area contributed by atoms with Crippen LogP contribution >= 0.6 is 0 Å². The van der Waals surface area contributed by atoms with E-state index in [2.05, 4.69) is 10.6 Å². The number of carbonyl (C=O) groups excluding carboxylic acids is 3. The fraction of sp³-hybridized carbons (Fsp3) is 0.562. The van der Waals surface area contributed by atoms with E-state index in [-0.39, 0.29) is 35.6 Å². The molecular formula is C16H19N3O4. The minimum atomic E-state index is -0.416. The number of rotatable bonds is 2. The number of carbonyl (C=O) groups is 3. The lowest BCUT2D eigenvalue weighted by atomic mass is 9.67. The molecule has 1 aromatic rings. The molecule has 4 rings (SSSR count). The number of hydrogen-bond acceptors (Lipinski definition) is 5. The Hall–Kier alpha value is -2.15. The topological polar surface area (TPSA) is 91.7 Å². The molecular weight excluding hydrogens is 298 g/mol. The molecule has 3 aliphatic rings. The predicted octanol–water partition coefficient (Wildman–Crippen LogP) is 0.862. The monoisotopic (exact) mass is 317 g/mol. The average Bonchev–Trinajstić information content (AvgIpc) is 3.04. The Morgan fingerprint density at radius 1 is 1.30 bits per heavy atom. The van der Waals surface area contributed by atoms with Gasteiger partial charge >= 0.3 is 6.03 Å². The molecule has 0 aromatic carbocycles. The van der Waals surface area contributed by atoms with Crippen molar-refractivity contribution in [2.45, 2.75) is 32.0 Å². The summed E-state index contributed by atoms with van der Waals surface area (Å²) in [5, 5.41) is 5.70. The van der Waals surface area contributed by atoms with E-state index in [1.807, 2.05) is 0 Å². The average molecular weight is 317 g/mol. The van der Waals surface area contributed by atoms with E-state index < -0.39 is 6.03 Å². The summed E-state index contributed by atoms with van der Waals surface area (Å²) in [7, 11) is 0. The maximum absolute atomic E-state index is 12.4. The number of nitrogens with one attached hydrogen (secondary N) is 2. The molecule has 1 aromatic heterocycles. The van der Waals surface area contributed by atoms with E-state index in [4.69, 9.17) is 4.42 Å². The van der Waals surface area contributed by atoms with Crippen molar-refractivity contribution in [1.82, 2.24) is 15.5 Å². The maximum Gasteiger partial charge on any atom is 0.325 e. The third-order valence-corrected chi connectivity index (χ3v) is 5.28. The number of piperidine rings is 1. The van der Waals surface area contributed by atoms with Gasteiger partial charge in [0.05, 0.1) is 24.9 Å². The highest BCUT2D eigenvalue weighted by Gasteiger charge is 2.52. The summed E-state index contributed by atoms with van der Waals surface area (Å²) < 4.78 is 5.33. The first kappa shape index (κ1) is 14.4. The molecule has 3 heterocycles. The first-order chi connectivity index (χ1) is 11.1. The molecule has 4 atom stereocenters. The largest absolute Gasteiger partial charge is 0.467 e. The number of fused-ring (bicyclic) bond motifs is 3. The molecule has 7 heteroatoms. The van der Waals surface area contributed by atoms with E-state index in [1.54, 1.807) is 23.3 Å². The quantitative estimate of drug-likeness (QED) is 0.844. The van der Waals surface area contributed by atoms with Crippen LogP contribution in [-0.4, -0.2) is 35.3 Å². The van der Waals surface area contributed by atoms with Crippen LogP contribution in [0.3, 0.4) is 0 Å². The zero-order valence-corrected chi connectivity index (χ0v) is 12.7. The molecule has 2 aliphatic heterocycles. The fourth-order valence-electron chi connectivity index (χ4n) is 4.21. The second-order valence-electron chi connectivity index (χ2n) is 6.51. The second kappa shape index (κ2) is 5.49. The molecule has 7 nitrogen and oxygen atoms in total. The highest BCUT2D eigenvalue weighted by atomic mass is 16.3. The van der Waals surface area contributed by atoms with Crippen molar-refractivity contribution < 1.29 is 18.8 Å². The summed E-state index contributed by atoms with van der Waals surface area (Å²) in [5.74, 6) is 0.133. The summed E-state index contributed by atoms with van der Waals surface area (Å²) in [6, 6.07) is 3.15. The zero-order chi connectivity index (χ0) is 16.0. The summed E-state index contributed by atoms with van der Waals surface area (Å²) in [6.07, 6.45) is 3.45. The number of Topliss-reactive ketones (excluding diaryl/α,β-unsaturated/α-hetero) is 1. The van der Waals surface area contributed by atoms with Crippen LogP contribution in [0.2, 0.25) is 0 Å². The minimum Gasteiger partial charge on any atom is -0.467 e. The number of furan rings is 1. The van der Waals surface area contributed by atoms with E-state index in [0.29, 0.717) is 25.3 Å². The molecule has 3 fully saturated rings. The number of nitrogens with zero attached hydrogens (tertiary/aromatic N) is 1. The third-order valence-electron chi connectivity index (χ3n) is 5.28. The van der Waals surface area contributed by atoms with Gasteiger partial charge in [-0.2, -0.15) is 0 Å². The summed E-state index contributed by atoms with van der Waals surface area (Å²) in [4.78, 5) is 38.4. The summed E-state index contributed by atoms with van der Waals surface area (Å²) in [6.45, 7) is 0.825. The van der Waals surface area contributed by atoms with Crippen molar-refractivity contribution in [3.8, 4) is 0 Å². The maximum atomic E-state index is 12.4. The lowest BCUT2D eigenvalue weighted by Gasteiger charge is -2.50. The normalized spacial score (nSPS) is 33.9. The van der Waals surface area contributed by atoms with Crippen molar-refractivity contribution in [3.63, 3.8) is 0 Å². The molecule has 2 N–H and O–H groups in total. The standard InChI is InChI=1S/C16H19N3O4/c20-12-5-1-4-10-11(12)7-17-14-13(10)15(21)18-16(22)19(14)8-9-3-2-6-23-9/h2-3,6,10-11,13-14,17H,1,4-5,7-8H2,(H,18,21,22). The van der Waals surface area contributed by atoms with Crippen LogP contribution in [0.1, 0.15) is 25.0 Å². The van der Waals surface area contributed by atoms with Gasteiger partial charge in [-0.05, 0) is 30.9 Å². The van der Waals surface area contributed by atoms with Gasteiger partial charge in [0.15, 0.2) is 0 Å². The smallest absolute Gasteiger partial charge is 0.325 e. The number of hydrogen-bond donors (Lipinski definition) is 2. The minimum absolute atomic E-state index is 0.00898. The lowest BCUT2D eigenvalue weighted by Crippen LogP contribution is -2.70. The Balaban J connectivity index is 1.62. The van der Waals surface area contributed by atoms with E-state index in [1.165, 1.54) is 0 Å². The van der Waals surface area contributed by atoms with Crippen LogP contribution in [0.25, 0.3) is 0 Å². The summed E-state index contributed by atoms with van der Waals surface area (Å²) >= 11 is 0. The van der Waals surface area contributed by atoms with E-state index in [0.717, 1.165) is 12.8 Å². The summed E-state index contributed by atoms with van der Waals surface area (Å²) in [5.41, 5.74) is 0.